The smallest absolute Gasteiger partial charge is 0.428 e. The van der Waals surface area contributed by atoms with Crippen molar-refractivity contribution >= 4 is 6.03 Å². The molecule has 0 saturated heterocycles. The van der Waals surface area contributed by atoms with Crippen LogP contribution in [-0.2, 0) is 18.1 Å². The van der Waals surface area contributed by atoms with Crippen molar-refractivity contribution in [3.8, 4) is 5.75 Å². The van der Waals surface area contributed by atoms with Crippen LogP contribution in [0, 0.1) is 11.6 Å². The molecule has 0 radical (unpaired) electrons. The number of amides is 2. The third-order valence-corrected chi connectivity index (χ3v) is 6.19. The van der Waals surface area contributed by atoms with Crippen molar-refractivity contribution in [2.45, 2.75) is 49.6 Å². The Morgan fingerprint density at radius 1 is 0.900 bits per heavy atom. The topological polar surface area (TPSA) is 50.4 Å². The highest BCUT2D eigenvalue weighted by atomic mass is 19.4. The Morgan fingerprint density at radius 2 is 1.57 bits per heavy atom. The lowest BCUT2D eigenvalue weighted by atomic mass is 9.77. The molecule has 0 aromatic heterocycles. The summed E-state index contributed by atoms with van der Waals surface area (Å²) in [5.41, 5.74) is -4.30. The second-order valence-electron chi connectivity index (χ2n) is 9.27. The lowest BCUT2D eigenvalue weighted by molar-refractivity contribution is -0.253. The van der Waals surface area contributed by atoms with Crippen LogP contribution in [-0.4, -0.2) is 24.6 Å². The summed E-state index contributed by atoms with van der Waals surface area (Å²) in [5.74, 6) is -4.00. The second kappa shape index (κ2) is 10.9. The minimum Gasteiger partial charge on any atom is -0.428 e. The van der Waals surface area contributed by atoms with Gasteiger partial charge in [0.15, 0.2) is 0 Å². The number of carbonyl (C=O) groups excluding carboxylic acids is 1. The number of urea groups is 1. The van der Waals surface area contributed by atoms with Crippen molar-refractivity contribution in [3.05, 3.63) is 101 Å². The predicted octanol–water partition coefficient (Wildman–Crippen LogP) is 7.17. The summed E-state index contributed by atoms with van der Waals surface area (Å²) in [6.07, 6.45) is -13.7. The van der Waals surface area contributed by atoms with Crippen LogP contribution in [0.15, 0.2) is 66.7 Å². The molecule has 3 aromatic rings. The average molecular weight is 576 g/mol. The third-order valence-electron chi connectivity index (χ3n) is 6.19. The predicted molar refractivity (Wildman–Crippen MR) is 125 cm³/mol. The molecule has 1 atom stereocenters. The van der Waals surface area contributed by atoms with Crippen LogP contribution in [0.1, 0.15) is 35.1 Å². The number of hydrogen-bond acceptors (Lipinski definition) is 2. The first-order chi connectivity index (χ1) is 18.7. The van der Waals surface area contributed by atoms with Gasteiger partial charge in [-0.2, -0.15) is 30.7 Å². The maximum atomic E-state index is 14.8. The first-order valence-electron chi connectivity index (χ1n) is 11.9. The summed E-state index contributed by atoms with van der Waals surface area (Å²) in [6, 6.07) is 10.3. The molecule has 1 saturated carbocycles. The molecule has 3 aromatic carbocycles. The number of rotatable bonds is 9. The van der Waals surface area contributed by atoms with Crippen LogP contribution >= 0.6 is 0 Å². The summed E-state index contributed by atoms with van der Waals surface area (Å²) in [5, 5.41) is 5.11. The maximum absolute atomic E-state index is 14.8. The molecule has 40 heavy (non-hydrogen) atoms. The molecular weight excluding hydrogens is 555 g/mol. The van der Waals surface area contributed by atoms with Crippen molar-refractivity contribution in [2.24, 2.45) is 0 Å². The van der Waals surface area contributed by atoms with Gasteiger partial charge in [0, 0.05) is 18.5 Å². The summed E-state index contributed by atoms with van der Waals surface area (Å²) in [7, 11) is 0. The molecule has 4 nitrogen and oxygen atoms in total. The largest absolute Gasteiger partial charge is 0.461 e. The van der Waals surface area contributed by atoms with Crippen molar-refractivity contribution < 1.29 is 49.0 Å². The van der Waals surface area contributed by atoms with Crippen LogP contribution in [0.5, 0.6) is 5.75 Å². The van der Waals surface area contributed by atoms with E-state index in [0.717, 1.165) is 12.1 Å². The SMILES string of the molecule is O=C(NC1CC1)NC(Cc1ccccc1)(c1cc(F)cc(OC(F)(F)C(F)F)c1)c1ccc(F)c(C(F)(F)F)c1. The number of ether oxygens (including phenoxy) is 1. The van der Waals surface area contributed by atoms with E-state index in [9.17, 15) is 44.3 Å². The second-order valence-corrected chi connectivity index (χ2v) is 9.27. The first kappa shape index (κ1) is 29.1. The molecule has 4 rings (SSSR count). The molecule has 1 aliphatic carbocycles. The van der Waals surface area contributed by atoms with E-state index in [-0.39, 0.29) is 12.5 Å². The maximum Gasteiger partial charge on any atom is 0.461 e. The quantitative estimate of drug-likeness (QED) is 0.266. The Morgan fingerprint density at radius 3 is 2.17 bits per heavy atom. The summed E-state index contributed by atoms with van der Waals surface area (Å²) >= 11 is 0. The van der Waals surface area contributed by atoms with E-state index >= 15 is 0 Å². The van der Waals surface area contributed by atoms with E-state index in [2.05, 4.69) is 15.4 Å². The molecule has 0 heterocycles. The average Bonchev–Trinajstić information content (AvgIpc) is 3.67. The van der Waals surface area contributed by atoms with Gasteiger partial charge in [-0.3, -0.25) is 0 Å². The number of nitrogens with one attached hydrogen (secondary N) is 2. The monoisotopic (exact) mass is 576 g/mol. The van der Waals surface area contributed by atoms with Gasteiger partial charge < -0.3 is 15.4 Å². The van der Waals surface area contributed by atoms with Crippen LogP contribution in [0.2, 0.25) is 0 Å². The molecule has 0 bridgehead atoms. The van der Waals surface area contributed by atoms with Gasteiger partial charge in [-0.1, -0.05) is 36.4 Å². The molecule has 1 unspecified atom stereocenters. The zero-order valence-corrected chi connectivity index (χ0v) is 20.3. The van der Waals surface area contributed by atoms with E-state index in [1.807, 2.05) is 0 Å². The highest BCUT2D eigenvalue weighted by Crippen LogP contribution is 2.40. The number of hydrogen-bond donors (Lipinski definition) is 2. The molecular formula is C27H21F9N2O2. The molecule has 2 N–H and O–H groups in total. The van der Waals surface area contributed by atoms with Gasteiger partial charge in [-0.15, -0.1) is 0 Å². The zero-order chi connectivity index (χ0) is 29.3. The molecule has 2 amide bonds. The lowest BCUT2D eigenvalue weighted by Gasteiger charge is -2.37. The Labute approximate surface area is 222 Å². The summed E-state index contributed by atoms with van der Waals surface area (Å²) in [6.45, 7) is 0. The molecule has 0 aliphatic heterocycles. The molecule has 13 heteroatoms. The fourth-order valence-electron chi connectivity index (χ4n) is 4.18. The highest BCUT2D eigenvalue weighted by molar-refractivity contribution is 5.77. The van der Waals surface area contributed by atoms with Gasteiger partial charge in [0.25, 0.3) is 0 Å². The van der Waals surface area contributed by atoms with E-state index in [1.54, 1.807) is 18.2 Å². The molecule has 1 fully saturated rings. The fraction of sp³-hybridized carbons (Fsp3) is 0.296. The van der Waals surface area contributed by atoms with Crippen molar-refractivity contribution in [1.29, 1.82) is 0 Å². The third kappa shape index (κ3) is 6.62. The van der Waals surface area contributed by atoms with Gasteiger partial charge in [0.05, 0.1) is 11.1 Å². The number of alkyl halides is 7. The fourth-order valence-corrected chi connectivity index (χ4v) is 4.18. The molecule has 1 aliphatic rings. The van der Waals surface area contributed by atoms with Gasteiger partial charge >= 0.3 is 24.7 Å². The summed E-state index contributed by atoms with van der Waals surface area (Å²) in [4.78, 5) is 13.0. The van der Waals surface area contributed by atoms with Crippen LogP contribution in [0.3, 0.4) is 0 Å². The van der Waals surface area contributed by atoms with Gasteiger partial charge in [0.2, 0.25) is 0 Å². The van der Waals surface area contributed by atoms with E-state index in [0.29, 0.717) is 42.7 Å². The lowest BCUT2D eigenvalue weighted by Crippen LogP contribution is -2.52. The zero-order valence-electron chi connectivity index (χ0n) is 20.3. The Balaban J connectivity index is 1.97. The minimum atomic E-state index is -5.18. The number of benzene rings is 3. The van der Waals surface area contributed by atoms with E-state index in [4.69, 9.17) is 0 Å². The van der Waals surface area contributed by atoms with Crippen LogP contribution < -0.4 is 15.4 Å². The Bertz CT molecular complexity index is 1360. The van der Waals surface area contributed by atoms with Crippen molar-refractivity contribution in [3.63, 3.8) is 0 Å². The van der Waals surface area contributed by atoms with E-state index < -0.39 is 64.4 Å². The molecule has 0 spiro atoms. The number of halogens is 9. The Hall–Kier alpha value is -3.90. The van der Waals surface area contributed by atoms with Crippen molar-refractivity contribution in [2.75, 3.05) is 0 Å². The minimum absolute atomic E-state index is 0.246. The van der Waals surface area contributed by atoms with E-state index in [1.165, 1.54) is 12.1 Å². The van der Waals surface area contributed by atoms with Crippen LogP contribution in [0.25, 0.3) is 0 Å². The van der Waals surface area contributed by atoms with Crippen LogP contribution in [0.4, 0.5) is 44.3 Å². The van der Waals surface area contributed by atoms with Gasteiger partial charge in [-0.05, 0) is 53.8 Å². The Kier molecular flexibility index (Phi) is 7.95. The summed E-state index contributed by atoms with van der Waals surface area (Å²) < 4.78 is 127. The normalized spacial score (nSPS) is 15.4. The standard InChI is InChI=1S/C27H21F9N2O2/c28-18-10-17(11-20(13-18)40-27(35,36)23(30)31)25(14-15-4-2-1-3-5-15,38-24(39)37-19-7-8-19)16-6-9-22(29)21(12-16)26(32,33)34/h1-6,9-13,19,23H,7-8,14H2,(H2,37,38,39). The van der Waals surface area contributed by atoms with Gasteiger partial charge in [-0.25, -0.2) is 13.6 Å². The number of carbonyl (C=O) groups is 1. The molecule has 214 valence electrons. The highest BCUT2D eigenvalue weighted by Gasteiger charge is 2.45. The van der Waals surface area contributed by atoms with Crippen molar-refractivity contribution in [1.82, 2.24) is 10.6 Å². The van der Waals surface area contributed by atoms with Gasteiger partial charge in [0.1, 0.15) is 17.4 Å². The first-order valence-corrected chi connectivity index (χ1v) is 11.9.